The zero-order valence-corrected chi connectivity index (χ0v) is 16.6. The summed E-state index contributed by atoms with van der Waals surface area (Å²) in [5.41, 5.74) is 1.63. The number of carbonyl (C=O) groups excluding carboxylic acids is 2. The molecule has 0 spiro atoms. The first-order valence-corrected chi connectivity index (χ1v) is 10.2. The highest BCUT2D eigenvalue weighted by Gasteiger charge is 2.32. The van der Waals surface area contributed by atoms with Crippen LogP contribution in [-0.4, -0.2) is 47.8 Å². The number of carbonyl (C=O) groups is 2. The van der Waals surface area contributed by atoms with Gasteiger partial charge in [-0.15, -0.1) is 0 Å². The molecule has 0 aromatic heterocycles. The molecule has 2 amide bonds. The third-order valence-corrected chi connectivity index (χ3v) is 5.74. The van der Waals surface area contributed by atoms with Gasteiger partial charge in [-0.05, 0) is 30.5 Å². The molecule has 8 nitrogen and oxygen atoms in total. The summed E-state index contributed by atoms with van der Waals surface area (Å²) in [6.07, 6.45) is 2.17. The SMILES string of the molecule is O=C1C[C@H](c2ccccc2)N(C(=O)c2ccc(N3CCCC3)c([N+](=O)[O-])c2)CCN1. The number of anilines is 1. The van der Waals surface area contributed by atoms with Gasteiger partial charge in [0.1, 0.15) is 5.69 Å². The van der Waals surface area contributed by atoms with E-state index in [1.54, 1.807) is 17.0 Å². The molecule has 8 heteroatoms. The molecule has 0 saturated carbocycles. The second kappa shape index (κ2) is 8.52. The molecule has 2 heterocycles. The molecule has 156 valence electrons. The Morgan fingerprint density at radius 2 is 1.80 bits per heavy atom. The summed E-state index contributed by atoms with van der Waals surface area (Å²) in [5.74, 6) is -0.425. The number of benzene rings is 2. The first kappa shape index (κ1) is 19.9. The van der Waals surface area contributed by atoms with Gasteiger partial charge < -0.3 is 15.1 Å². The smallest absolute Gasteiger partial charge is 0.293 e. The van der Waals surface area contributed by atoms with Crippen LogP contribution in [0.1, 0.15) is 41.2 Å². The molecule has 0 bridgehead atoms. The van der Waals surface area contributed by atoms with E-state index >= 15 is 0 Å². The minimum absolute atomic E-state index is 0.0527. The summed E-state index contributed by atoms with van der Waals surface area (Å²) in [6.45, 7) is 2.25. The van der Waals surface area contributed by atoms with E-state index in [9.17, 15) is 19.7 Å². The van der Waals surface area contributed by atoms with Gasteiger partial charge in [-0.3, -0.25) is 19.7 Å². The lowest BCUT2D eigenvalue weighted by Gasteiger charge is -2.30. The van der Waals surface area contributed by atoms with Crippen LogP contribution < -0.4 is 10.2 Å². The van der Waals surface area contributed by atoms with Crippen LogP contribution in [0.4, 0.5) is 11.4 Å². The van der Waals surface area contributed by atoms with Crippen molar-refractivity contribution in [3.63, 3.8) is 0 Å². The van der Waals surface area contributed by atoms with Crippen molar-refractivity contribution >= 4 is 23.2 Å². The number of nitro groups is 1. The Morgan fingerprint density at radius 3 is 2.50 bits per heavy atom. The number of hydrogen-bond acceptors (Lipinski definition) is 5. The van der Waals surface area contributed by atoms with Crippen LogP contribution in [0.15, 0.2) is 48.5 Å². The average molecular weight is 408 g/mol. The number of rotatable bonds is 4. The minimum Gasteiger partial charge on any atom is -0.366 e. The monoisotopic (exact) mass is 408 g/mol. The summed E-state index contributed by atoms with van der Waals surface area (Å²) in [4.78, 5) is 40.5. The Morgan fingerprint density at radius 1 is 1.07 bits per heavy atom. The van der Waals surface area contributed by atoms with Gasteiger partial charge in [0.25, 0.3) is 11.6 Å². The number of nitrogens with zero attached hydrogens (tertiary/aromatic N) is 3. The van der Waals surface area contributed by atoms with Gasteiger partial charge in [0.05, 0.1) is 17.4 Å². The van der Waals surface area contributed by atoms with Crippen molar-refractivity contribution in [2.45, 2.75) is 25.3 Å². The van der Waals surface area contributed by atoms with Gasteiger partial charge in [0, 0.05) is 37.8 Å². The van der Waals surface area contributed by atoms with Crippen molar-refractivity contribution in [2.24, 2.45) is 0 Å². The molecule has 0 radical (unpaired) electrons. The van der Waals surface area contributed by atoms with Crippen molar-refractivity contribution in [2.75, 3.05) is 31.1 Å². The second-order valence-corrected chi connectivity index (χ2v) is 7.63. The second-order valence-electron chi connectivity index (χ2n) is 7.63. The van der Waals surface area contributed by atoms with E-state index in [0.29, 0.717) is 18.8 Å². The summed E-state index contributed by atoms with van der Waals surface area (Å²) >= 11 is 0. The molecule has 2 aromatic carbocycles. The van der Waals surface area contributed by atoms with Crippen molar-refractivity contribution < 1.29 is 14.5 Å². The zero-order chi connectivity index (χ0) is 21.1. The van der Waals surface area contributed by atoms with E-state index in [1.165, 1.54) is 6.07 Å². The van der Waals surface area contributed by atoms with Crippen LogP contribution in [-0.2, 0) is 4.79 Å². The minimum atomic E-state index is -0.424. The summed E-state index contributed by atoms with van der Waals surface area (Å²) in [7, 11) is 0. The highest BCUT2D eigenvalue weighted by molar-refractivity contribution is 5.96. The normalized spacial score (nSPS) is 19.3. The number of hydrogen-bond donors (Lipinski definition) is 1. The third kappa shape index (κ3) is 3.98. The molecule has 0 aliphatic carbocycles. The fourth-order valence-corrected chi connectivity index (χ4v) is 4.24. The van der Waals surface area contributed by atoms with Gasteiger partial charge in [-0.2, -0.15) is 0 Å². The molecule has 1 N–H and O–H groups in total. The van der Waals surface area contributed by atoms with E-state index < -0.39 is 11.0 Å². The molecule has 30 heavy (non-hydrogen) atoms. The molecular weight excluding hydrogens is 384 g/mol. The topological polar surface area (TPSA) is 95.8 Å². The Hall–Kier alpha value is -3.42. The molecule has 2 aliphatic heterocycles. The predicted molar refractivity (Wildman–Crippen MR) is 112 cm³/mol. The Balaban J connectivity index is 1.68. The number of nitro benzene ring substituents is 1. The number of amides is 2. The van der Waals surface area contributed by atoms with Gasteiger partial charge in [-0.1, -0.05) is 30.3 Å². The molecule has 2 fully saturated rings. The molecule has 4 rings (SSSR count). The van der Waals surface area contributed by atoms with Gasteiger partial charge in [0.15, 0.2) is 0 Å². The van der Waals surface area contributed by atoms with Crippen molar-refractivity contribution in [3.05, 3.63) is 69.8 Å². The lowest BCUT2D eigenvalue weighted by molar-refractivity contribution is -0.384. The van der Waals surface area contributed by atoms with Crippen LogP contribution in [0.25, 0.3) is 0 Å². The molecule has 0 unspecified atom stereocenters. The van der Waals surface area contributed by atoms with Gasteiger partial charge in [0.2, 0.25) is 5.91 Å². The fraction of sp³-hybridized carbons (Fsp3) is 0.364. The lowest BCUT2D eigenvalue weighted by atomic mass is 10.0. The summed E-state index contributed by atoms with van der Waals surface area (Å²) < 4.78 is 0. The Labute approximate surface area is 174 Å². The predicted octanol–water partition coefficient (Wildman–Crippen LogP) is 2.90. The standard InChI is InChI=1S/C22H24N4O4/c27-21-15-19(16-6-2-1-3-7-16)25(13-10-23-21)22(28)17-8-9-18(20(14-17)26(29)30)24-11-4-5-12-24/h1-3,6-9,14,19H,4-5,10-13,15H2,(H,23,27)/t19-/m1/s1. The molecule has 2 aliphatic rings. The lowest BCUT2D eigenvalue weighted by Crippen LogP contribution is -2.36. The first-order valence-electron chi connectivity index (χ1n) is 10.2. The maximum Gasteiger partial charge on any atom is 0.293 e. The Kier molecular flexibility index (Phi) is 5.65. The first-order chi connectivity index (χ1) is 14.5. The summed E-state index contributed by atoms with van der Waals surface area (Å²) in [5, 5.41) is 14.5. The van der Waals surface area contributed by atoms with Gasteiger partial charge in [-0.25, -0.2) is 0 Å². The molecular formula is C22H24N4O4. The largest absolute Gasteiger partial charge is 0.366 e. The average Bonchev–Trinajstić information content (AvgIpc) is 3.22. The third-order valence-electron chi connectivity index (χ3n) is 5.74. The van der Waals surface area contributed by atoms with E-state index in [0.717, 1.165) is 31.5 Å². The van der Waals surface area contributed by atoms with Crippen molar-refractivity contribution in [1.29, 1.82) is 0 Å². The van der Waals surface area contributed by atoms with Crippen molar-refractivity contribution in [3.8, 4) is 0 Å². The van der Waals surface area contributed by atoms with Crippen LogP contribution in [0.3, 0.4) is 0 Å². The van der Waals surface area contributed by atoms with E-state index in [4.69, 9.17) is 0 Å². The quantitative estimate of drug-likeness (QED) is 0.620. The highest BCUT2D eigenvalue weighted by Crippen LogP contribution is 2.33. The van der Waals surface area contributed by atoms with E-state index in [1.807, 2.05) is 35.2 Å². The van der Waals surface area contributed by atoms with Crippen LogP contribution in [0.5, 0.6) is 0 Å². The van der Waals surface area contributed by atoms with Crippen LogP contribution in [0.2, 0.25) is 0 Å². The van der Waals surface area contributed by atoms with E-state index in [-0.39, 0.29) is 29.5 Å². The maximum absolute atomic E-state index is 13.4. The van der Waals surface area contributed by atoms with E-state index in [2.05, 4.69) is 5.32 Å². The molecule has 2 aromatic rings. The number of nitrogens with one attached hydrogen (secondary N) is 1. The van der Waals surface area contributed by atoms with Crippen LogP contribution >= 0.6 is 0 Å². The van der Waals surface area contributed by atoms with Gasteiger partial charge >= 0.3 is 0 Å². The van der Waals surface area contributed by atoms with Crippen LogP contribution in [0, 0.1) is 10.1 Å². The molecule has 2 saturated heterocycles. The highest BCUT2D eigenvalue weighted by atomic mass is 16.6. The maximum atomic E-state index is 13.4. The van der Waals surface area contributed by atoms with Crippen molar-refractivity contribution in [1.82, 2.24) is 10.2 Å². The summed E-state index contributed by atoms with van der Waals surface area (Å²) in [6, 6.07) is 13.7. The Bertz CT molecular complexity index is 957. The molecule has 1 atom stereocenters. The zero-order valence-electron chi connectivity index (χ0n) is 16.6. The fourth-order valence-electron chi connectivity index (χ4n) is 4.24.